The van der Waals surface area contributed by atoms with E-state index < -0.39 is 5.82 Å². The number of unbranched alkanes of at least 4 members (excludes halogenated alkanes) is 4. The van der Waals surface area contributed by atoms with Crippen molar-refractivity contribution in [1.29, 1.82) is 5.26 Å². The monoisotopic (exact) mass is 235 g/mol. The third-order valence-electron chi connectivity index (χ3n) is 2.59. The van der Waals surface area contributed by atoms with Crippen molar-refractivity contribution in [1.82, 2.24) is 0 Å². The first-order valence-corrected chi connectivity index (χ1v) is 6.11. The molecule has 1 aromatic rings. The minimum Gasteiger partial charge on any atom is -0.492 e. The lowest BCUT2D eigenvalue weighted by Crippen LogP contribution is -2.00. The zero-order valence-electron chi connectivity index (χ0n) is 10.2. The molecule has 17 heavy (non-hydrogen) atoms. The molecule has 0 N–H and O–H groups in total. The van der Waals surface area contributed by atoms with Gasteiger partial charge in [0.05, 0.1) is 6.61 Å². The zero-order valence-corrected chi connectivity index (χ0v) is 10.2. The summed E-state index contributed by atoms with van der Waals surface area (Å²) in [6.45, 7) is 2.71. The third-order valence-corrected chi connectivity index (χ3v) is 2.59. The average Bonchev–Trinajstić information content (AvgIpc) is 2.34. The van der Waals surface area contributed by atoms with Crippen LogP contribution in [0.4, 0.5) is 4.39 Å². The molecule has 2 nitrogen and oxygen atoms in total. The Morgan fingerprint density at radius 2 is 2.00 bits per heavy atom. The largest absolute Gasteiger partial charge is 0.492 e. The number of benzene rings is 1. The first kappa shape index (κ1) is 13.5. The molecule has 1 aromatic carbocycles. The van der Waals surface area contributed by atoms with Gasteiger partial charge in [0.15, 0.2) is 0 Å². The van der Waals surface area contributed by atoms with Gasteiger partial charge in [-0.15, -0.1) is 0 Å². The van der Waals surface area contributed by atoms with E-state index in [1.54, 1.807) is 12.1 Å². The van der Waals surface area contributed by atoms with Crippen molar-refractivity contribution in [2.75, 3.05) is 6.61 Å². The van der Waals surface area contributed by atoms with Crippen molar-refractivity contribution >= 4 is 0 Å². The Hall–Kier alpha value is -1.56. The second kappa shape index (κ2) is 7.67. The molecule has 1 rings (SSSR count). The molecule has 3 heteroatoms. The number of halogens is 1. The predicted octanol–water partition coefficient (Wildman–Crippen LogP) is 4.05. The Kier molecular flexibility index (Phi) is 6.09. The molecule has 0 bridgehead atoms. The summed E-state index contributed by atoms with van der Waals surface area (Å²) in [4.78, 5) is 0. The summed E-state index contributed by atoms with van der Waals surface area (Å²) in [6, 6.07) is 6.29. The van der Waals surface area contributed by atoms with Crippen molar-refractivity contribution in [3.05, 3.63) is 29.6 Å². The van der Waals surface area contributed by atoms with Gasteiger partial charge in [-0.3, -0.25) is 0 Å². The molecule has 0 atom stereocenters. The van der Waals surface area contributed by atoms with Gasteiger partial charge >= 0.3 is 0 Å². The quantitative estimate of drug-likeness (QED) is 0.668. The van der Waals surface area contributed by atoms with Crippen LogP contribution in [0.5, 0.6) is 5.75 Å². The Morgan fingerprint density at radius 1 is 1.24 bits per heavy atom. The predicted molar refractivity (Wildman–Crippen MR) is 65.4 cm³/mol. The fourth-order valence-electron chi connectivity index (χ4n) is 1.62. The van der Waals surface area contributed by atoms with Gasteiger partial charge in [-0.2, -0.15) is 5.26 Å². The molecule has 92 valence electrons. The number of hydrogen-bond acceptors (Lipinski definition) is 2. The molecule has 0 aliphatic carbocycles. The Labute approximate surface area is 102 Å². The van der Waals surface area contributed by atoms with Crippen molar-refractivity contribution < 1.29 is 9.13 Å². The Morgan fingerprint density at radius 3 is 2.71 bits per heavy atom. The standard InChI is InChI=1S/C14H18FNO/c1-2-3-4-5-6-10-17-14-9-7-8-13(15)12(14)11-16/h7-9H,2-6,10H2,1H3. The lowest BCUT2D eigenvalue weighted by atomic mass is 10.1. The van der Waals surface area contributed by atoms with Crippen LogP contribution >= 0.6 is 0 Å². The highest BCUT2D eigenvalue weighted by Crippen LogP contribution is 2.20. The summed E-state index contributed by atoms with van der Waals surface area (Å²) in [5.74, 6) is -0.168. The van der Waals surface area contributed by atoms with E-state index in [2.05, 4.69) is 6.92 Å². The highest BCUT2D eigenvalue weighted by molar-refractivity contribution is 5.43. The van der Waals surface area contributed by atoms with E-state index in [1.165, 1.54) is 25.3 Å². The van der Waals surface area contributed by atoms with Crippen LogP contribution in [0.3, 0.4) is 0 Å². The summed E-state index contributed by atoms with van der Waals surface area (Å²) >= 11 is 0. The number of nitriles is 1. The summed E-state index contributed by atoms with van der Waals surface area (Å²) in [5.41, 5.74) is 0.000980. The molecule has 0 aliphatic heterocycles. The number of rotatable bonds is 7. The van der Waals surface area contributed by atoms with Crippen LogP contribution in [-0.4, -0.2) is 6.61 Å². The molecular weight excluding hydrogens is 217 g/mol. The lowest BCUT2D eigenvalue weighted by Gasteiger charge is -2.07. The molecule has 0 saturated carbocycles. The summed E-state index contributed by atoms with van der Waals surface area (Å²) in [5, 5.41) is 8.80. The Bertz CT molecular complexity index is 384. The fraction of sp³-hybridized carbons (Fsp3) is 0.500. The SMILES string of the molecule is CCCCCCCOc1cccc(F)c1C#N. The van der Waals surface area contributed by atoms with E-state index in [9.17, 15) is 4.39 Å². The maximum Gasteiger partial charge on any atom is 0.144 e. The van der Waals surface area contributed by atoms with Crippen LogP contribution in [0.25, 0.3) is 0 Å². The second-order valence-corrected chi connectivity index (χ2v) is 3.99. The van der Waals surface area contributed by atoms with Gasteiger partial charge in [0.1, 0.15) is 23.2 Å². The average molecular weight is 235 g/mol. The summed E-state index contributed by atoms with van der Waals surface area (Å²) < 4.78 is 18.7. The number of ether oxygens (including phenoxy) is 1. The molecular formula is C14H18FNO. The lowest BCUT2D eigenvalue weighted by molar-refractivity contribution is 0.302. The van der Waals surface area contributed by atoms with E-state index in [0.29, 0.717) is 12.4 Å². The third kappa shape index (κ3) is 4.44. The fourth-order valence-corrected chi connectivity index (χ4v) is 1.62. The van der Waals surface area contributed by atoms with Crippen LogP contribution < -0.4 is 4.74 Å². The van der Waals surface area contributed by atoms with Crippen LogP contribution in [0.15, 0.2) is 18.2 Å². The van der Waals surface area contributed by atoms with Gasteiger partial charge in [-0.25, -0.2) is 4.39 Å². The summed E-state index contributed by atoms with van der Waals surface area (Å²) in [7, 11) is 0. The van der Waals surface area contributed by atoms with Crippen molar-refractivity contribution in [3.63, 3.8) is 0 Å². The molecule has 0 fully saturated rings. The zero-order chi connectivity index (χ0) is 12.5. The van der Waals surface area contributed by atoms with Crippen LogP contribution in [0, 0.1) is 17.1 Å². The maximum atomic E-state index is 13.2. The molecule has 0 heterocycles. The second-order valence-electron chi connectivity index (χ2n) is 3.99. The van der Waals surface area contributed by atoms with Crippen LogP contribution in [0.2, 0.25) is 0 Å². The molecule has 0 radical (unpaired) electrons. The smallest absolute Gasteiger partial charge is 0.144 e. The molecule has 0 aliphatic rings. The highest BCUT2D eigenvalue weighted by atomic mass is 19.1. The minimum atomic E-state index is -0.518. The maximum absolute atomic E-state index is 13.2. The first-order valence-electron chi connectivity index (χ1n) is 6.11. The van der Waals surface area contributed by atoms with E-state index in [4.69, 9.17) is 10.00 Å². The van der Waals surface area contributed by atoms with Gasteiger partial charge in [0.2, 0.25) is 0 Å². The van der Waals surface area contributed by atoms with Gasteiger partial charge < -0.3 is 4.74 Å². The van der Waals surface area contributed by atoms with E-state index >= 15 is 0 Å². The van der Waals surface area contributed by atoms with E-state index in [0.717, 1.165) is 12.8 Å². The van der Waals surface area contributed by atoms with Crippen LogP contribution in [-0.2, 0) is 0 Å². The van der Waals surface area contributed by atoms with Crippen molar-refractivity contribution in [2.24, 2.45) is 0 Å². The van der Waals surface area contributed by atoms with E-state index in [-0.39, 0.29) is 5.56 Å². The normalized spacial score (nSPS) is 9.94. The Balaban J connectivity index is 2.37. The van der Waals surface area contributed by atoms with Gasteiger partial charge in [0.25, 0.3) is 0 Å². The molecule has 0 saturated heterocycles. The van der Waals surface area contributed by atoms with Gasteiger partial charge in [-0.05, 0) is 18.6 Å². The van der Waals surface area contributed by atoms with Crippen molar-refractivity contribution in [3.8, 4) is 11.8 Å². The summed E-state index contributed by atoms with van der Waals surface area (Å²) in [6.07, 6.45) is 5.72. The van der Waals surface area contributed by atoms with Crippen LogP contribution in [0.1, 0.15) is 44.6 Å². The number of nitrogens with zero attached hydrogens (tertiary/aromatic N) is 1. The van der Waals surface area contributed by atoms with Gasteiger partial charge in [-0.1, -0.05) is 38.7 Å². The van der Waals surface area contributed by atoms with E-state index in [1.807, 2.05) is 6.07 Å². The number of hydrogen-bond donors (Lipinski definition) is 0. The van der Waals surface area contributed by atoms with Crippen molar-refractivity contribution in [2.45, 2.75) is 39.0 Å². The topological polar surface area (TPSA) is 33.0 Å². The molecule has 0 spiro atoms. The highest BCUT2D eigenvalue weighted by Gasteiger charge is 2.08. The first-order chi connectivity index (χ1) is 8.29. The molecule has 0 amide bonds. The molecule has 0 unspecified atom stereocenters. The van der Waals surface area contributed by atoms with Gasteiger partial charge in [0, 0.05) is 0 Å². The minimum absolute atomic E-state index is 0.000980. The molecule has 0 aromatic heterocycles.